The van der Waals surface area contributed by atoms with Crippen LogP contribution in [-0.2, 0) is 39.0 Å². The van der Waals surface area contributed by atoms with E-state index in [4.69, 9.17) is 0 Å². The summed E-state index contributed by atoms with van der Waals surface area (Å²) in [6.07, 6.45) is 0.832. The van der Waals surface area contributed by atoms with Gasteiger partial charge >= 0.3 is 0 Å². The maximum Gasteiger partial charge on any atom is 0.264 e. The van der Waals surface area contributed by atoms with Crippen LogP contribution >= 0.6 is 15.9 Å². The van der Waals surface area contributed by atoms with E-state index in [9.17, 15) is 18.0 Å². The molecule has 0 aliphatic rings. The highest BCUT2D eigenvalue weighted by Crippen LogP contribution is 2.28. The standard InChI is InChI=1S/C33H34BrN3O4S/c1-3-27-16-10-11-20-30(27)37(42(40,41)29-18-8-5-9-19-29)24-32(38)36(23-26-15-12-17-28(34)21-26)31(33(39)35-2)22-25-13-6-4-7-14-25/h4-21,31H,3,22-24H2,1-2H3,(H,35,39). The van der Waals surface area contributed by atoms with Crippen LogP contribution in [0.3, 0.4) is 0 Å². The third-order valence-electron chi connectivity index (χ3n) is 7.01. The molecule has 4 aromatic carbocycles. The molecule has 1 N–H and O–H groups in total. The first-order valence-electron chi connectivity index (χ1n) is 13.7. The number of hydrogen-bond acceptors (Lipinski definition) is 4. The molecule has 0 aliphatic heterocycles. The molecular formula is C33H34BrN3O4S. The zero-order valence-corrected chi connectivity index (χ0v) is 26.0. The molecule has 0 heterocycles. The van der Waals surface area contributed by atoms with Crippen molar-refractivity contribution in [3.8, 4) is 0 Å². The van der Waals surface area contributed by atoms with Gasteiger partial charge in [0.1, 0.15) is 12.6 Å². The van der Waals surface area contributed by atoms with Crippen molar-refractivity contribution >= 4 is 43.5 Å². The van der Waals surface area contributed by atoms with Crippen LogP contribution in [0.15, 0.2) is 119 Å². The largest absolute Gasteiger partial charge is 0.357 e. The summed E-state index contributed by atoms with van der Waals surface area (Å²) in [6.45, 7) is 1.57. The smallest absolute Gasteiger partial charge is 0.264 e. The van der Waals surface area contributed by atoms with Gasteiger partial charge in [0.15, 0.2) is 0 Å². The molecule has 0 radical (unpaired) electrons. The number of para-hydroxylation sites is 1. The average Bonchev–Trinajstić information content (AvgIpc) is 3.02. The summed E-state index contributed by atoms with van der Waals surface area (Å²) < 4.78 is 30.2. The maximum atomic E-state index is 14.4. The van der Waals surface area contributed by atoms with Crippen LogP contribution in [0.25, 0.3) is 0 Å². The van der Waals surface area contributed by atoms with E-state index in [1.165, 1.54) is 28.4 Å². The molecule has 218 valence electrons. The Kier molecular flexibility index (Phi) is 10.5. The molecule has 1 unspecified atom stereocenters. The van der Waals surface area contributed by atoms with Crippen LogP contribution in [0.4, 0.5) is 5.69 Å². The third kappa shape index (κ3) is 7.46. The lowest BCUT2D eigenvalue weighted by Gasteiger charge is -2.34. The lowest BCUT2D eigenvalue weighted by molar-refractivity contribution is -0.139. The first-order chi connectivity index (χ1) is 20.2. The topological polar surface area (TPSA) is 86.8 Å². The minimum Gasteiger partial charge on any atom is -0.357 e. The Morgan fingerprint density at radius 1 is 0.833 bits per heavy atom. The lowest BCUT2D eigenvalue weighted by atomic mass is 10.0. The number of aryl methyl sites for hydroxylation is 1. The van der Waals surface area contributed by atoms with E-state index in [2.05, 4.69) is 21.2 Å². The number of nitrogens with zero attached hydrogens (tertiary/aromatic N) is 2. The number of nitrogens with one attached hydrogen (secondary N) is 1. The van der Waals surface area contributed by atoms with Crippen molar-refractivity contribution in [2.45, 2.75) is 37.2 Å². The van der Waals surface area contributed by atoms with Crippen LogP contribution in [0.1, 0.15) is 23.6 Å². The molecule has 0 spiro atoms. The van der Waals surface area contributed by atoms with Crippen molar-refractivity contribution in [3.63, 3.8) is 0 Å². The van der Waals surface area contributed by atoms with E-state index in [0.29, 0.717) is 12.1 Å². The number of amides is 2. The summed E-state index contributed by atoms with van der Waals surface area (Å²) in [5, 5.41) is 2.70. The number of halogens is 1. The van der Waals surface area contributed by atoms with Gasteiger partial charge in [-0.2, -0.15) is 0 Å². The Bertz CT molecular complexity index is 1610. The van der Waals surface area contributed by atoms with E-state index in [1.807, 2.05) is 73.7 Å². The van der Waals surface area contributed by atoms with Crippen molar-refractivity contribution in [3.05, 3.63) is 130 Å². The molecule has 4 aromatic rings. The van der Waals surface area contributed by atoms with Gasteiger partial charge in [0.2, 0.25) is 11.8 Å². The molecule has 0 saturated carbocycles. The molecule has 0 fully saturated rings. The van der Waals surface area contributed by atoms with E-state index in [-0.39, 0.29) is 23.8 Å². The summed E-state index contributed by atoms with van der Waals surface area (Å²) in [5.74, 6) is -0.835. The summed E-state index contributed by atoms with van der Waals surface area (Å²) in [4.78, 5) is 29.3. The Morgan fingerprint density at radius 3 is 2.10 bits per heavy atom. The van der Waals surface area contributed by atoms with Gasteiger partial charge in [-0.25, -0.2) is 8.42 Å². The predicted octanol–water partition coefficient (Wildman–Crippen LogP) is 5.59. The molecule has 4 rings (SSSR count). The van der Waals surface area contributed by atoms with Crippen molar-refractivity contribution in [1.29, 1.82) is 0 Å². The number of carbonyl (C=O) groups is 2. The van der Waals surface area contributed by atoms with Gasteiger partial charge in [-0.1, -0.05) is 102 Å². The number of carbonyl (C=O) groups excluding carboxylic acids is 2. The van der Waals surface area contributed by atoms with Gasteiger partial charge in [-0.05, 0) is 53.4 Å². The van der Waals surface area contributed by atoms with Crippen LogP contribution < -0.4 is 9.62 Å². The summed E-state index contributed by atoms with van der Waals surface area (Å²) in [6, 6.07) is 31.3. The molecule has 1 atom stereocenters. The van der Waals surface area contributed by atoms with Crippen LogP contribution in [0, 0.1) is 0 Å². The van der Waals surface area contributed by atoms with Gasteiger partial charge in [-0.3, -0.25) is 13.9 Å². The summed E-state index contributed by atoms with van der Waals surface area (Å²) in [7, 11) is -2.59. The van der Waals surface area contributed by atoms with Crippen molar-refractivity contribution in [2.24, 2.45) is 0 Å². The van der Waals surface area contributed by atoms with Gasteiger partial charge < -0.3 is 10.2 Å². The molecule has 2 amide bonds. The number of rotatable bonds is 12. The number of likely N-dealkylation sites (N-methyl/N-ethyl adjacent to an activating group) is 1. The SMILES string of the molecule is CCc1ccccc1N(CC(=O)N(Cc1cccc(Br)c1)C(Cc1ccccc1)C(=O)NC)S(=O)(=O)c1ccccc1. The van der Waals surface area contributed by atoms with E-state index in [0.717, 1.165) is 21.2 Å². The van der Waals surface area contributed by atoms with Gasteiger partial charge in [-0.15, -0.1) is 0 Å². The first kappa shape index (κ1) is 31.0. The van der Waals surface area contributed by atoms with Gasteiger partial charge in [0.25, 0.3) is 10.0 Å². The second-order valence-corrected chi connectivity index (χ2v) is 12.6. The Morgan fingerprint density at radius 2 is 1.45 bits per heavy atom. The fourth-order valence-corrected chi connectivity index (χ4v) is 6.76. The van der Waals surface area contributed by atoms with Crippen molar-refractivity contribution in [2.75, 3.05) is 17.9 Å². The molecule has 0 aliphatic carbocycles. The second-order valence-electron chi connectivity index (χ2n) is 9.78. The summed E-state index contributed by atoms with van der Waals surface area (Å²) in [5.41, 5.74) is 2.89. The quantitative estimate of drug-likeness (QED) is 0.217. The zero-order valence-electron chi connectivity index (χ0n) is 23.6. The number of hydrogen-bond donors (Lipinski definition) is 1. The molecule has 7 nitrogen and oxygen atoms in total. The molecular weight excluding hydrogens is 614 g/mol. The number of sulfonamides is 1. The normalized spacial score (nSPS) is 11.9. The van der Waals surface area contributed by atoms with Crippen LogP contribution in [-0.4, -0.2) is 44.8 Å². The third-order valence-corrected chi connectivity index (χ3v) is 9.28. The highest BCUT2D eigenvalue weighted by Gasteiger charge is 2.34. The molecule has 0 bridgehead atoms. The van der Waals surface area contributed by atoms with Gasteiger partial charge in [0.05, 0.1) is 10.6 Å². The van der Waals surface area contributed by atoms with E-state index in [1.54, 1.807) is 30.3 Å². The number of benzene rings is 4. The monoisotopic (exact) mass is 647 g/mol. The highest BCUT2D eigenvalue weighted by molar-refractivity contribution is 9.10. The average molecular weight is 649 g/mol. The minimum atomic E-state index is -4.13. The summed E-state index contributed by atoms with van der Waals surface area (Å²) >= 11 is 3.49. The molecule has 0 aromatic heterocycles. The predicted molar refractivity (Wildman–Crippen MR) is 169 cm³/mol. The Labute approximate surface area is 256 Å². The molecule has 42 heavy (non-hydrogen) atoms. The van der Waals surface area contributed by atoms with Crippen molar-refractivity contribution in [1.82, 2.24) is 10.2 Å². The fourth-order valence-electron chi connectivity index (χ4n) is 4.84. The lowest BCUT2D eigenvalue weighted by Crippen LogP contribution is -2.53. The molecule has 9 heteroatoms. The van der Waals surface area contributed by atoms with Gasteiger partial charge in [0, 0.05) is 24.5 Å². The van der Waals surface area contributed by atoms with Crippen molar-refractivity contribution < 1.29 is 18.0 Å². The Hall–Kier alpha value is -3.95. The molecule has 0 saturated heterocycles. The maximum absolute atomic E-state index is 14.4. The number of anilines is 1. The highest BCUT2D eigenvalue weighted by atomic mass is 79.9. The van der Waals surface area contributed by atoms with Crippen LogP contribution in [0.2, 0.25) is 0 Å². The second kappa shape index (κ2) is 14.3. The minimum absolute atomic E-state index is 0.0781. The van der Waals surface area contributed by atoms with E-state index < -0.39 is 28.5 Å². The van der Waals surface area contributed by atoms with E-state index >= 15 is 0 Å². The zero-order chi connectivity index (χ0) is 30.1. The first-order valence-corrected chi connectivity index (χ1v) is 15.9. The fraction of sp³-hybridized carbons (Fsp3) is 0.212. The Balaban J connectivity index is 1.81. The van der Waals surface area contributed by atoms with Crippen LogP contribution in [0.5, 0.6) is 0 Å².